The summed E-state index contributed by atoms with van der Waals surface area (Å²) >= 11 is 0. The third kappa shape index (κ3) is 1.86. The van der Waals surface area contributed by atoms with Gasteiger partial charge < -0.3 is 14.8 Å². The van der Waals surface area contributed by atoms with E-state index in [1.807, 2.05) is 26.1 Å². The Morgan fingerprint density at radius 2 is 2.28 bits per heavy atom. The van der Waals surface area contributed by atoms with Gasteiger partial charge in [0.25, 0.3) is 0 Å². The van der Waals surface area contributed by atoms with E-state index >= 15 is 0 Å². The normalized spacial score (nSPS) is 23.4. The van der Waals surface area contributed by atoms with Crippen LogP contribution in [0.25, 0.3) is 0 Å². The highest BCUT2D eigenvalue weighted by Gasteiger charge is 2.38. The van der Waals surface area contributed by atoms with Crippen molar-refractivity contribution in [3.8, 4) is 5.75 Å². The smallest absolute Gasteiger partial charge is 0.147 e. The van der Waals surface area contributed by atoms with Crippen molar-refractivity contribution in [3.05, 3.63) is 29.3 Å². The zero-order valence-corrected chi connectivity index (χ0v) is 11.4. The molecule has 0 spiro atoms. The van der Waals surface area contributed by atoms with Gasteiger partial charge in [0.15, 0.2) is 0 Å². The van der Waals surface area contributed by atoms with Crippen LogP contribution >= 0.6 is 0 Å². The van der Waals surface area contributed by atoms with Gasteiger partial charge >= 0.3 is 0 Å². The summed E-state index contributed by atoms with van der Waals surface area (Å²) in [4.78, 5) is 4.30. The molecule has 0 aromatic heterocycles. The molecule has 1 aromatic carbocycles. The Bertz CT molecular complexity index is 471. The van der Waals surface area contributed by atoms with Crippen molar-refractivity contribution in [2.24, 2.45) is 4.99 Å². The first-order chi connectivity index (χ1) is 8.67. The van der Waals surface area contributed by atoms with E-state index in [9.17, 15) is 0 Å². The van der Waals surface area contributed by atoms with E-state index in [2.05, 4.69) is 16.4 Å². The lowest BCUT2D eigenvalue weighted by molar-refractivity contribution is 0.00475. The topological polar surface area (TPSA) is 42.9 Å². The van der Waals surface area contributed by atoms with Crippen LogP contribution in [0.5, 0.6) is 5.75 Å². The minimum atomic E-state index is -0.522. The first-order valence-electron chi connectivity index (χ1n) is 6.12. The number of hydrogen-bond acceptors (Lipinski definition) is 3. The van der Waals surface area contributed by atoms with Crippen LogP contribution in [0.1, 0.15) is 18.1 Å². The number of fused-ring (bicyclic) bond motifs is 1. The van der Waals surface area contributed by atoms with E-state index in [1.54, 1.807) is 14.2 Å². The lowest BCUT2D eigenvalue weighted by Gasteiger charge is -2.37. The fourth-order valence-corrected chi connectivity index (χ4v) is 2.66. The van der Waals surface area contributed by atoms with Crippen LogP contribution < -0.4 is 10.1 Å². The summed E-state index contributed by atoms with van der Waals surface area (Å²) in [5.74, 6) is 1.75. The molecule has 0 aliphatic carbocycles. The van der Waals surface area contributed by atoms with Gasteiger partial charge in [-0.1, -0.05) is 12.1 Å². The zero-order valence-electron chi connectivity index (χ0n) is 11.4. The van der Waals surface area contributed by atoms with E-state index in [0.717, 1.165) is 23.6 Å². The second-order valence-corrected chi connectivity index (χ2v) is 4.44. The molecule has 0 saturated heterocycles. The van der Waals surface area contributed by atoms with E-state index in [1.165, 1.54) is 5.56 Å². The second-order valence-electron chi connectivity index (χ2n) is 4.44. The molecule has 0 radical (unpaired) electrons. The van der Waals surface area contributed by atoms with Crippen LogP contribution in [-0.2, 0) is 16.8 Å². The van der Waals surface area contributed by atoms with Crippen LogP contribution in [0.2, 0.25) is 0 Å². The second kappa shape index (κ2) is 4.98. The monoisotopic (exact) mass is 248 g/mol. The Hall–Kier alpha value is -1.55. The molecule has 0 bridgehead atoms. The molecule has 0 amide bonds. The van der Waals surface area contributed by atoms with Gasteiger partial charge in [0, 0.05) is 19.7 Å². The van der Waals surface area contributed by atoms with Gasteiger partial charge in [0.05, 0.1) is 13.7 Å². The number of nitrogens with zero attached hydrogens (tertiary/aromatic N) is 1. The fraction of sp³-hybridized carbons (Fsp3) is 0.500. The predicted octanol–water partition coefficient (Wildman–Crippen LogP) is 1.73. The minimum Gasteiger partial charge on any atom is -0.496 e. The highest BCUT2D eigenvalue weighted by Crippen LogP contribution is 2.37. The molecule has 1 aromatic rings. The van der Waals surface area contributed by atoms with Gasteiger partial charge in [-0.3, -0.25) is 4.99 Å². The lowest BCUT2D eigenvalue weighted by atomic mass is 9.86. The Balaban J connectivity index is 2.58. The molecule has 1 aliphatic rings. The molecule has 1 heterocycles. The number of nitrogens with one attached hydrogen (secondary N) is 1. The largest absolute Gasteiger partial charge is 0.496 e. The number of benzene rings is 1. The van der Waals surface area contributed by atoms with Crippen LogP contribution in [0, 0.1) is 0 Å². The minimum absolute atomic E-state index is 0.522. The third-order valence-electron chi connectivity index (χ3n) is 3.52. The van der Waals surface area contributed by atoms with Crippen molar-refractivity contribution >= 4 is 5.84 Å². The van der Waals surface area contributed by atoms with E-state index in [4.69, 9.17) is 9.47 Å². The number of rotatable bonds is 2. The number of ether oxygens (including phenoxy) is 2. The molecule has 1 N–H and O–H groups in total. The Kier molecular flexibility index (Phi) is 3.57. The molecular weight excluding hydrogens is 228 g/mol. The van der Waals surface area contributed by atoms with Gasteiger partial charge in [-0.2, -0.15) is 0 Å². The molecule has 1 aliphatic heterocycles. The zero-order chi connectivity index (χ0) is 13.2. The molecule has 1 unspecified atom stereocenters. The maximum Gasteiger partial charge on any atom is 0.147 e. The molecule has 1 atom stereocenters. The van der Waals surface area contributed by atoms with Crippen molar-refractivity contribution in [2.75, 3.05) is 27.8 Å². The number of hydrogen-bond donors (Lipinski definition) is 1. The highest BCUT2D eigenvalue weighted by atomic mass is 16.5. The van der Waals surface area contributed by atoms with E-state index in [0.29, 0.717) is 6.61 Å². The van der Waals surface area contributed by atoms with Crippen LogP contribution in [0.3, 0.4) is 0 Å². The fourth-order valence-electron chi connectivity index (χ4n) is 2.66. The summed E-state index contributed by atoms with van der Waals surface area (Å²) in [7, 11) is 5.34. The van der Waals surface area contributed by atoms with Crippen molar-refractivity contribution in [2.45, 2.75) is 18.9 Å². The lowest BCUT2D eigenvalue weighted by Crippen LogP contribution is -2.46. The molecule has 2 rings (SSSR count). The maximum atomic E-state index is 5.99. The third-order valence-corrected chi connectivity index (χ3v) is 3.52. The van der Waals surface area contributed by atoms with Gasteiger partial charge in [-0.15, -0.1) is 0 Å². The Labute approximate surface area is 108 Å². The van der Waals surface area contributed by atoms with Crippen LogP contribution in [-0.4, -0.2) is 33.6 Å². The molecule has 0 saturated carbocycles. The summed E-state index contributed by atoms with van der Waals surface area (Å²) < 4.78 is 11.4. The number of methoxy groups -OCH3 is 1. The number of amidine groups is 1. The summed E-state index contributed by atoms with van der Waals surface area (Å²) in [5.41, 5.74) is 1.82. The Morgan fingerprint density at radius 1 is 1.50 bits per heavy atom. The van der Waals surface area contributed by atoms with Crippen molar-refractivity contribution in [1.82, 2.24) is 5.32 Å². The molecule has 0 fully saturated rings. The van der Waals surface area contributed by atoms with Crippen molar-refractivity contribution in [1.29, 1.82) is 0 Å². The van der Waals surface area contributed by atoms with Gasteiger partial charge in [0.2, 0.25) is 0 Å². The van der Waals surface area contributed by atoms with Crippen LogP contribution in [0.15, 0.2) is 23.2 Å². The average Bonchev–Trinajstić information content (AvgIpc) is 2.40. The predicted molar refractivity (Wildman–Crippen MR) is 72.4 cm³/mol. The highest BCUT2D eigenvalue weighted by molar-refractivity contribution is 5.91. The van der Waals surface area contributed by atoms with E-state index in [-0.39, 0.29) is 0 Å². The van der Waals surface area contributed by atoms with Crippen LogP contribution in [0.4, 0.5) is 0 Å². The SMILES string of the molecule is CN=C(NC)C1(C)OCCc2c(OC)cccc21. The Morgan fingerprint density at radius 3 is 2.89 bits per heavy atom. The quantitative estimate of drug-likeness (QED) is 0.640. The summed E-state index contributed by atoms with van der Waals surface area (Å²) in [6.45, 7) is 2.72. The maximum absolute atomic E-state index is 5.99. The van der Waals surface area contributed by atoms with Gasteiger partial charge in [-0.05, 0) is 25.0 Å². The summed E-state index contributed by atoms with van der Waals surface area (Å²) in [5, 5.41) is 3.12. The standard InChI is InChI=1S/C14H20N2O2/c1-14(13(15-2)16-3)11-6-5-7-12(17-4)10(11)8-9-18-14/h5-7H,8-9H2,1-4H3,(H,15,16). The summed E-state index contributed by atoms with van der Waals surface area (Å²) in [6, 6.07) is 6.07. The van der Waals surface area contributed by atoms with Gasteiger partial charge in [-0.25, -0.2) is 0 Å². The molecule has 18 heavy (non-hydrogen) atoms. The van der Waals surface area contributed by atoms with Crippen molar-refractivity contribution < 1.29 is 9.47 Å². The molecule has 98 valence electrons. The van der Waals surface area contributed by atoms with E-state index < -0.39 is 5.60 Å². The number of likely N-dealkylation sites (N-methyl/N-ethyl adjacent to an activating group) is 1. The number of aliphatic imine (C=N–C) groups is 1. The average molecular weight is 248 g/mol. The molecule has 4 nitrogen and oxygen atoms in total. The van der Waals surface area contributed by atoms with Crippen molar-refractivity contribution in [3.63, 3.8) is 0 Å². The first kappa shape index (κ1) is 12.9. The van der Waals surface area contributed by atoms with Gasteiger partial charge in [0.1, 0.15) is 17.2 Å². The summed E-state index contributed by atoms with van der Waals surface area (Å²) in [6.07, 6.45) is 0.871. The molecular formula is C14H20N2O2. The first-order valence-corrected chi connectivity index (χ1v) is 6.12. The molecule has 4 heteroatoms.